The summed E-state index contributed by atoms with van der Waals surface area (Å²) in [5.41, 5.74) is 1.44. The summed E-state index contributed by atoms with van der Waals surface area (Å²) in [7, 11) is 0. The van der Waals surface area contributed by atoms with Gasteiger partial charge in [-0.2, -0.15) is 0 Å². The van der Waals surface area contributed by atoms with Crippen molar-refractivity contribution in [1.29, 1.82) is 0 Å². The van der Waals surface area contributed by atoms with E-state index in [1.54, 1.807) is 22.9 Å². The second-order valence-electron chi connectivity index (χ2n) is 5.95. The van der Waals surface area contributed by atoms with E-state index in [1.165, 1.54) is 6.20 Å². The number of nitrogens with zero attached hydrogens (tertiary/aromatic N) is 5. The van der Waals surface area contributed by atoms with Crippen LogP contribution in [-0.4, -0.2) is 38.6 Å². The summed E-state index contributed by atoms with van der Waals surface area (Å²) < 4.78 is 2.63. The van der Waals surface area contributed by atoms with E-state index in [1.807, 2.05) is 18.2 Å². The van der Waals surface area contributed by atoms with Crippen molar-refractivity contribution >= 4 is 38.4 Å². The summed E-state index contributed by atoms with van der Waals surface area (Å²) in [6.07, 6.45) is 3.01. The number of amides is 1. The summed E-state index contributed by atoms with van der Waals surface area (Å²) >= 11 is 3.45. The Kier molecular flexibility index (Phi) is 5.98. The number of aromatic hydroxyl groups is 1. The molecule has 0 bridgehead atoms. The lowest BCUT2D eigenvalue weighted by molar-refractivity contribution is 0.0994. The second-order valence-corrected chi connectivity index (χ2v) is 6.87. The van der Waals surface area contributed by atoms with E-state index in [0.29, 0.717) is 12.2 Å². The maximum atomic E-state index is 12.2. The summed E-state index contributed by atoms with van der Waals surface area (Å²) in [5, 5.41) is 19.3. The van der Waals surface area contributed by atoms with E-state index < -0.39 is 5.91 Å². The highest BCUT2D eigenvalue weighted by molar-refractivity contribution is 9.10. The average Bonchev–Trinajstić information content (AvgIpc) is 2.95. The summed E-state index contributed by atoms with van der Waals surface area (Å²) in [6.45, 7) is 6.35. The molecule has 0 unspecified atom stereocenters. The predicted octanol–water partition coefficient (Wildman–Crippen LogP) is 4.73. The molecule has 0 aliphatic heterocycles. The minimum Gasteiger partial charge on any atom is -0.493 e. The Bertz CT molecular complexity index is 981. The Morgan fingerprint density at radius 1 is 1.30 bits per heavy atom. The van der Waals surface area contributed by atoms with Crippen LogP contribution in [0.5, 0.6) is 5.88 Å². The molecular formula is C19H20BrN5O2. The van der Waals surface area contributed by atoms with E-state index in [4.69, 9.17) is 0 Å². The van der Waals surface area contributed by atoms with Gasteiger partial charge < -0.3 is 5.11 Å². The van der Waals surface area contributed by atoms with Crippen molar-refractivity contribution in [3.8, 4) is 5.88 Å². The van der Waals surface area contributed by atoms with Crippen molar-refractivity contribution in [2.24, 2.45) is 10.2 Å². The monoisotopic (exact) mass is 429 g/mol. The van der Waals surface area contributed by atoms with Crippen LogP contribution in [0.1, 0.15) is 24.2 Å². The van der Waals surface area contributed by atoms with Gasteiger partial charge in [-0.05, 0) is 43.4 Å². The normalized spacial score (nSPS) is 11.7. The van der Waals surface area contributed by atoms with Crippen LogP contribution < -0.4 is 0 Å². The first-order chi connectivity index (χ1) is 13.0. The van der Waals surface area contributed by atoms with Gasteiger partial charge in [0.05, 0.1) is 17.7 Å². The SMILES string of the molecule is CCN(CC)Cn1c(O)c(N=NC(=O)c2cccnc2)c2cc(Br)ccc21. The molecule has 0 saturated carbocycles. The molecule has 2 heterocycles. The predicted molar refractivity (Wildman–Crippen MR) is 107 cm³/mol. The van der Waals surface area contributed by atoms with Crippen LogP contribution in [0.15, 0.2) is 57.4 Å². The van der Waals surface area contributed by atoms with Crippen LogP contribution in [0.3, 0.4) is 0 Å². The van der Waals surface area contributed by atoms with Gasteiger partial charge in [-0.25, -0.2) is 0 Å². The molecule has 0 fully saturated rings. The van der Waals surface area contributed by atoms with Crippen molar-refractivity contribution < 1.29 is 9.90 Å². The fourth-order valence-electron chi connectivity index (χ4n) is 2.80. The highest BCUT2D eigenvalue weighted by atomic mass is 79.9. The van der Waals surface area contributed by atoms with Crippen molar-refractivity contribution in [2.45, 2.75) is 20.5 Å². The first kappa shape index (κ1) is 19.2. The number of halogens is 1. The fraction of sp³-hybridized carbons (Fsp3) is 0.263. The topological polar surface area (TPSA) is 83.1 Å². The number of pyridine rings is 1. The molecule has 3 rings (SSSR count). The van der Waals surface area contributed by atoms with Crippen LogP contribution >= 0.6 is 15.9 Å². The number of benzene rings is 1. The highest BCUT2D eigenvalue weighted by Gasteiger charge is 2.19. The lowest BCUT2D eigenvalue weighted by Gasteiger charge is -2.20. The van der Waals surface area contributed by atoms with Gasteiger partial charge in [0.15, 0.2) is 5.69 Å². The molecule has 7 nitrogen and oxygen atoms in total. The molecule has 0 spiro atoms. The second kappa shape index (κ2) is 8.41. The number of azo groups is 1. The Labute approximate surface area is 165 Å². The van der Waals surface area contributed by atoms with Gasteiger partial charge in [-0.15, -0.1) is 10.2 Å². The molecule has 8 heteroatoms. The summed E-state index contributed by atoms with van der Waals surface area (Å²) in [6, 6.07) is 8.95. The molecule has 140 valence electrons. The molecule has 0 atom stereocenters. The van der Waals surface area contributed by atoms with Crippen molar-refractivity contribution in [1.82, 2.24) is 14.5 Å². The Balaban J connectivity index is 2.04. The van der Waals surface area contributed by atoms with E-state index in [9.17, 15) is 9.90 Å². The number of carbonyl (C=O) groups is 1. The maximum absolute atomic E-state index is 12.2. The van der Waals surface area contributed by atoms with Gasteiger partial charge in [-0.3, -0.25) is 19.2 Å². The van der Waals surface area contributed by atoms with Gasteiger partial charge in [-0.1, -0.05) is 29.8 Å². The van der Waals surface area contributed by atoms with Crippen molar-refractivity contribution in [3.63, 3.8) is 0 Å². The molecule has 0 radical (unpaired) electrons. The molecule has 2 aromatic heterocycles. The molecule has 0 aliphatic carbocycles. The van der Waals surface area contributed by atoms with E-state index in [-0.39, 0.29) is 11.6 Å². The third-order valence-electron chi connectivity index (χ3n) is 4.36. The van der Waals surface area contributed by atoms with E-state index >= 15 is 0 Å². The average molecular weight is 430 g/mol. The highest BCUT2D eigenvalue weighted by Crippen LogP contribution is 2.40. The zero-order valence-electron chi connectivity index (χ0n) is 15.1. The molecule has 1 N–H and O–H groups in total. The third kappa shape index (κ3) is 4.06. The number of fused-ring (bicyclic) bond motifs is 1. The fourth-order valence-corrected chi connectivity index (χ4v) is 3.16. The van der Waals surface area contributed by atoms with Gasteiger partial charge in [0.2, 0.25) is 5.88 Å². The van der Waals surface area contributed by atoms with Crippen LogP contribution in [0, 0.1) is 0 Å². The summed E-state index contributed by atoms with van der Waals surface area (Å²) in [5.74, 6) is -0.528. The lowest BCUT2D eigenvalue weighted by atomic mass is 10.2. The molecule has 27 heavy (non-hydrogen) atoms. The van der Waals surface area contributed by atoms with Crippen molar-refractivity contribution in [3.05, 3.63) is 52.8 Å². The lowest BCUT2D eigenvalue weighted by Crippen LogP contribution is -2.25. The minimum absolute atomic E-state index is 0.0160. The number of rotatable bonds is 6. The van der Waals surface area contributed by atoms with E-state index in [2.05, 4.69) is 49.9 Å². The largest absolute Gasteiger partial charge is 0.493 e. The number of carbonyl (C=O) groups excluding carboxylic acids is 1. The summed E-state index contributed by atoms with van der Waals surface area (Å²) in [4.78, 5) is 18.3. The molecule has 1 aromatic carbocycles. The number of aromatic nitrogens is 2. The zero-order chi connectivity index (χ0) is 19.4. The maximum Gasteiger partial charge on any atom is 0.296 e. The van der Waals surface area contributed by atoms with Crippen LogP contribution in [0.4, 0.5) is 5.69 Å². The van der Waals surface area contributed by atoms with Gasteiger partial charge in [0, 0.05) is 22.3 Å². The molecule has 0 aliphatic rings. The Hall–Kier alpha value is -2.58. The van der Waals surface area contributed by atoms with Crippen LogP contribution in [0.25, 0.3) is 10.9 Å². The van der Waals surface area contributed by atoms with E-state index in [0.717, 1.165) is 28.5 Å². The smallest absolute Gasteiger partial charge is 0.296 e. The molecule has 3 aromatic rings. The zero-order valence-corrected chi connectivity index (χ0v) is 16.7. The first-order valence-electron chi connectivity index (χ1n) is 8.64. The Morgan fingerprint density at radius 3 is 2.74 bits per heavy atom. The standard InChI is InChI=1S/C19H20BrN5O2/c1-3-24(4-2)12-25-16-8-7-14(20)10-15(16)17(19(25)27)22-23-18(26)13-6-5-9-21-11-13/h5-11,27H,3-4,12H2,1-2H3. The number of hydrogen-bond acceptors (Lipinski definition) is 5. The van der Waals surface area contributed by atoms with Crippen LogP contribution in [0.2, 0.25) is 0 Å². The van der Waals surface area contributed by atoms with Gasteiger partial charge >= 0.3 is 0 Å². The van der Waals surface area contributed by atoms with Gasteiger partial charge in [0.1, 0.15) is 0 Å². The first-order valence-corrected chi connectivity index (χ1v) is 9.43. The molecule has 0 saturated heterocycles. The van der Waals surface area contributed by atoms with Gasteiger partial charge in [0.25, 0.3) is 5.91 Å². The van der Waals surface area contributed by atoms with Crippen molar-refractivity contribution in [2.75, 3.05) is 13.1 Å². The minimum atomic E-state index is -0.512. The van der Waals surface area contributed by atoms with Crippen LogP contribution in [-0.2, 0) is 6.67 Å². The quantitative estimate of drug-likeness (QED) is 0.574. The number of hydrogen-bond donors (Lipinski definition) is 1. The Morgan fingerprint density at radius 2 is 2.07 bits per heavy atom. The molecular weight excluding hydrogens is 410 g/mol. The molecule has 1 amide bonds. The third-order valence-corrected chi connectivity index (χ3v) is 4.85.